The first-order valence-electron chi connectivity index (χ1n) is 13.1. The molecule has 0 fully saturated rings. The van der Waals surface area contributed by atoms with Crippen molar-refractivity contribution in [1.82, 2.24) is 4.90 Å². The highest BCUT2D eigenvalue weighted by Gasteiger charge is 2.29. The Morgan fingerprint density at radius 1 is 1.00 bits per heavy atom. The van der Waals surface area contributed by atoms with Crippen molar-refractivity contribution < 1.29 is 19.5 Å². The van der Waals surface area contributed by atoms with E-state index in [2.05, 4.69) is 15.5 Å². The lowest BCUT2D eigenvalue weighted by molar-refractivity contribution is -0.137. The highest BCUT2D eigenvalue weighted by atomic mass is 35.5. The summed E-state index contributed by atoms with van der Waals surface area (Å²) in [6.07, 6.45) is 1.22. The Bertz CT molecular complexity index is 1450. The van der Waals surface area contributed by atoms with Crippen molar-refractivity contribution in [1.29, 1.82) is 0 Å². The van der Waals surface area contributed by atoms with Crippen LogP contribution in [-0.2, 0) is 20.8 Å². The Hall–Kier alpha value is -4.14. The van der Waals surface area contributed by atoms with Crippen molar-refractivity contribution in [2.75, 3.05) is 42.7 Å². The average Bonchev–Trinajstić information content (AvgIpc) is 3.23. The number of carbonyl (C=O) groups excluding carboxylic acids is 2. The monoisotopic (exact) mass is 560 g/mol. The van der Waals surface area contributed by atoms with E-state index in [0.29, 0.717) is 40.5 Å². The second kappa shape index (κ2) is 12.8. The van der Waals surface area contributed by atoms with Gasteiger partial charge < -0.3 is 25.5 Å². The zero-order valence-electron chi connectivity index (χ0n) is 22.8. The van der Waals surface area contributed by atoms with Gasteiger partial charge in [0.05, 0.1) is 17.0 Å². The summed E-state index contributed by atoms with van der Waals surface area (Å²) in [6.45, 7) is 3.04. The van der Waals surface area contributed by atoms with Crippen molar-refractivity contribution in [3.63, 3.8) is 0 Å². The van der Waals surface area contributed by atoms with Crippen LogP contribution in [0.4, 0.5) is 17.1 Å². The summed E-state index contributed by atoms with van der Waals surface area (Å²) in [5.41, 5.74) is 5.49. The van der Waals surface area contributed by atoms with E-state index in [9.17, 15) is 14.4 Å². The molecule has 1 heterocycles. The van der Waals surface area contributed by atoms with Gasteiger partial charge in [-0.25, -0.2) is 0 Å². The number of anilines is 3. The van der Waals surface area contributed by atoms with Gasteiger partial charge in [0.1, 0.15) is 0 Å². The topological polar surface area (TPSA) is 102 Å². The van der Waals surface area contributed by atoms with Gasteiger partial charge >= 0.3 is 5.97 Å². The molecule has 8 nitrogen and oxygen atoms in total. The molecule has 1 aliphatic rings. The Labute approximate surface area is 239 Å². The largest absolute Gasteiger partial charge is 0.481 e. The molecule has 9 heteroatoms. The molecule has 0 bridgehead atoms. The van der Waals surface area contributed by atoms with Crippen LogP contribution >= 0.6 is 11.6 Å². The Morgan fingerprint density at radius 2 is 1.75 bits per heavy atom. The van der Waals surface area contributed by atoms with E-state index in [0.717, 1.165) is 35.5 Å². The van der Waals surface area contributed by atoms with E-state index >= 15 is 0 Å². The number of nitrogens with one attached hydrogen (secondary N) is 2. The molecule has 0 atom stereocenters. The number of carboxylic acid groups (broad SMARTS) is 1. The number of hydrogen-bond acceptors (Lipinski definition) is 5. The first kappa shape index (κ1) is 28.9. The average molecular weight is 561 g/mol. The maximum atomic E-state index is 13.2. The minimum absolute atomic E-state index is 0.00720. The minimum atomic E-state index is -0.871. The lowest BCUT2D eigenvalue weighted by Gasteiger charge is -2.23. The Morgan fingerprint density at radius 3 is 2.42 bits per heavy atom. The Balaban J connectivity index is 1.71. The quantitative estimate of drug-likeness (QED) is 0.264. The van der Waals surface area contributed by atoms with E-state index in [1.54, 1.807) is 24.0 Å². The van der Waals surface area contributed by atoms with E-state index < -0.39 is 5.97 Å². The predicted molar refractivity (Wildman–Crippen MR) is 161 cm³/mol. The van der Waals surface area contributed by atoms with Gasteiger partial charge in [-0.3, -0.25) is 14.4 Å². The van der Waals surface area contributed by atoms with Crippen LogP contribution in [-0.4, -0.2) is 55.0 Å². The van der Waals surface area contributed by atoms with Gasteiger partial charge in [0, 0.05) is 41.9 Å². The van der Waals surface area contributed by atoms with Crippen LogP contribution in [0.25, 0.3) is 11.3 Å². The van der Waals surface area contributed by atoms with Crippen LogP contribution in [0.2, 0.25) is 5.02 Å². The van der Waals surface area contributed by atoms with Gasteiger partial charge in [-0.05, 0) is 87.1 Å². The Kier molecular flexibility index (Phi) is 9.24. The number of benzene rings is 3. The molecule has 0 radical (unpaired) electrons. The van der Waals surface area contributed by atoms with Crippen molar-refractivity contribution in [3.8, 4) is 0 Å². The minimum Gasteiger partial charge on any atom is -0.481 e. The van der Waals surface area contributed by atoms with Crippen molar-refractivity contribution in [2.45, 2.75) is 26.2 Å². The molecule has 3 aromatic carbocycles. The molecule has 0 aliphatic carbocycles. The molecule has 3 N–H and O–H groups in total. The molecule has 0 spiro atoms. The number of aryl methyl sites for hydroxylation is 1. The van der Waals surface area contributed by atoms with Crippen LogP contribution in [0.1, 0.15) is 36.5 Å². The van der Waals surface area contributed by atoms with Crippen LogP contribution in [0.15, 0.2) is 66.7 Å². The van der Waals surface area contributed by atoms with Crippen LogP contribution in [0.3, 0.4) is 0 Å². The fraction of sp³-hybridized carbons (Fsp3) is 0.258. The van der Waals surface area contributed by atoms with Gasteiger partial charge in [0.25, 0.3) is 5.91 Å². The molecule has 0 saturated carbocycles. The zero-order valence-corrected chi connectivity index (χ0v) is 23.6. The zero-order chi connectivity index (χ0) is 28.8. The first-order chi connectivity index (χ1) is 19.1. The van der Waals surface area contributed by atoms with Gasteiger partial charge in [-0.1, -0.05) is 35.9 Å². The number of amides is 2. The first-order valence-corrected chi connectivity index (χ1v) is 13.5. The lowest BCUT2D eigenvalue weighted by atomic mass is 9.97. The highest BCUT2D eigenvalue weighted by Crippen LogP contribution is 2.39. The van der Waals surface area contributed by atoms with E-state index in [1.807, 2.05) is 68.7 Å². The number of fused-ring (bicyclic) bond motifs is 1. The number of carboxylic acids is 1. The number of aliphatic carboxylic acids is 1. The lowest BCUT2D eigenvalue weighted by Crippen LogP contribution is -2.31. The summed E-state index contributed by atoms with van der Waals surface area (Å²) in [7, 11) is 4.01. The van der Waals surface area contributed by atoms with Gasteiger partial charge in [-0.2, -0.15) is 0 Å². The maximum Gasteiger partial charge on any atom is 0.303 e. The van der Waals surface area contributed by atoms with Crippen LogP contribution in [0.5, 0.6) is 0 Å². The fourth-order valence-corrected chi connectivity index (χ4v) is 4.86. The third-order valence-corrected chi connectivity index (χ3v) is 6.87. The molecule has 208 valence electrons. The molecule has 4 rings (SSSR count). The number of rotatable bonds is 11. The molecule has 0 unspecified atom stereocenters. The number of nitrogens with zero attached hydrogens (tertiary/aromatic N) is 2. The fourth-order valence-electron chi connectivity index (χ4n) is 4.69. The normalized spacial score (nSPS) is 13.6. The number of hydrogen-bond donors (Lipinski definition) is 3. The number of halogens is 1. The molecule has 40 heavy (non-hydrogen) atoms. The maximum absolute atomic E-state index is 13.2. The molecule has 0 saturated heterocycles. The van der Waals surface area contributed by atoms with Crippen LogP contribution in [0, 0.1) is 0 Å². The third kappa shape index (κ3) is 7.08. The van der Waals surface area contributed by atoms with Crippen molar-refractivity contribution in [3.05, 3.63) is 88.4 Å². The SMILES string of the molecule is CC(=O)N(CCCN(C)C)c1ccc(N/C(=C2\C(=O)Nc3cc(Cl)ccc32)c2cccc(CCC(=O)O)c2)cc1. The second-order valence-corrected chi connectivity index (χ2v) is 10.4. The molecular formula is C31H33ClN4O4. The second-order valence-electron chi connectivity index (χ2n) is 9.99. The van der Waals surface area contributed by atoms with Crippen LogP contribution < -0.4 is 15.5 Å². The number of carbonyl (C=O) groups is 3. The molecular weight excluding hydrogens is 528 g/mol. The molecule has 0 aromatic heterocycles. The van der Waals surface area contributed by atoms with Gasteiger partial charge in [0.2, 0.25) is 5.91 Å². The predicted octanol–water partition coefficient (Wildman–Crippen LogP) is 5.59. The third-order valence-electron chi connectivity index (χ3n) is 6.63. The summed E-state index contributed by atoms with van der Waals surface area (Å²) < 4.78 is 0. The smallest absolute Gasteiger partial charge is 0.303 e. The van der Waals surface area contributed by atoms with Gasteiger partial charge in [-0.15, -0.1) is 0 Å². The van der Waals surface area contributed by atoms with Gasteiger partial charge in [0.15, 0.2) is 0 Å². The molecule has 3 aromatic rings. The summed E-state index contributed by atoms with van der Waals surface area (Å²) >= 11 is 6.17. The summed E-state index contributed by atoms with van der Waals surface area (Å²) in [5.74, 6) is -1.17. The molecule has 2 amide bonds. The van der Waals surface area contributed by atoms with E-state index in [1.165, 1.54) is 0 Å². The summed E-state index contributed by atoms with van der Waals surface area (Å²) in [5, 5.41) is 16.0. The van der Waals surface area contributed by atoms with E-state index in [4.69, 9.17) is 16.7 Å². The molecule has 1 aliphatic heterocycles. The van der Waals surface area contributed by atoms with Crippen molar-refractivity contribution >= 4 is 57.7 Å². The standard InChI is InChI=1S/C31H33ClN4O4/c1-20(37)36(17-5-16-35(2)3)25-12-10-24(11-13-25)33-30(22-7-4-6-21(18-22)8-15-28(38)39)29-26-14-9-23(32)19-27(26)34-31(29)40/h4,6-7,9-14,18-19,33H,5,8,15-17H2,1-3H3,(H,34,40)(H,38,39)/b30-29-. The highest BCUT2D eigenvalue weighted by molar-refractivity contribution is 6.38. The summed E-state index contributed by atoms with van der Waals surface area (Å²) in [6, 6.07) is 20.3. The van der Waals surface area contributed by atoms with Crippen molar-refractivity contribution in [2.24, 2.45) is 0 Å². The van der Waals surface area contributed by atoms with E-state index in [-0.39, 0.29) is 18.2 Å². The summed E-state index contributed by atoms with van der Waals surface area (Å²) in [4.78, 5) is 40.6.